The van der Waals surface area contributed by atoms with Gasteiger partial charge in [0.1, 0.15) is 5.82 Å². The van der Waals surface area contributed by atoms with Crippen molar-refractivity contribution >= 4 is 16.7 Å². The summed E-state index contributed by atoms with van der Waals surface area (Å²) in [7, 11) is 1.93. The van der Waals surface area contributed by atoms with Crippen LogP contribution in [-0.2, 0) is 6.42 Å². The van der Waals surface area contributed by atoms with Gasteiger partial charge in [-0.1, -0.05) is 30.3 Å². The van der Waals surface area contributed by atoms with E-state index in [0.29, 0.717) is 19.5 Å². The highest BCUT2D eigenvalue weighted by molar-refractivity contribution is 5.95. The number of aromatic nitrogens is 2. The highest BCUT2D eigenvalue weighted by atomic mass is 19.1. The molecule has 0 fully saturated rings. The van der Waals surface area contributed by atoms with Gasteiger partial charge < -0.3 is 9.91 Å². The van der Waals surface area contributed by atoms with Gasteiger partial charge >= 0.3 is 0 Å². The maximum absolute atomic E-state index is 14.5. The summed E-state index contributed by atoms with van der Waals surface area (Å²) in [6, 6.07) is 12.6. The van der Waals surface area contributed by atoms with Gasteiger partial charge in [-0.05, 0) is 23.3 Å². The number of hydrazine groups is 1. The topological polar surface area (TPSA) is 61.4 Å². The van der Waals surface area contributed by atoms with Crippen LogP contribution in [0.15, 0.2) is 59.9 Å². The Morgan fingerprint density at radius 1 is 1.21 bits per heavy atom. The Kier molecular flexibility index (Phi) is 4.24. The van der Waals surface area contributed by atoms with E-state index >= 15 is 0 Å². The molecule has 146 valence electrons. The van der Waals surface area contributed by atoms with Crippen molar-refractivity contribution in [3.63, 3.8) is 0 Å². The molecule has 0 unspecified atom stereocenters. The van der Waals surface area contributed by atoms with E-state index in [1.165, 1.54) is 11.6 Å². The number of nitrogens with zero attached hydrogens (tertiary/aromatic N) is 4. The summed E-state index contributed by atoms with van der Waals surface area (Å²) in [5.74, 6) is -0.780. The molecular weight excluding hydrogens is 369 g/mol. The number of halogens is 1. The summed E-state index contributed by atoms with van der Waals surface area (Å²) in [5.41, 5.74) is 7.24. The van der Waals surface area contributed by atoms with Crippen molar-refractivity contribution in [1.82, 2.24) is 25.5 Å². The molecule has 6 nitrogen and oxygen atoms in total. The van der Waals surface area contributed by atoms with E-state index in [4.69, 9.17) is 0 Å². The minimum Gasteiger partial charge on any atom is -0.329 e. The zero-order chi connectivity index (χ0) is 20.0. The summed E-state index contributed by atoms with van der Waals surface area (Å²) < 4.78 is 14.5. The molecule has 0 spiro atoms. The lowest BCUT2D eigenvalue weighted by molar-refractivity contribution is 0.0780. The zero-order valence-electron chi connectivity index (χ0n) is 16.0. The first-order valence-corrected chi connectivity index (χ1v) is 9.55. The molecule has 1 N–H and O–H groups in total. The second-order valence-electron chi connectivity index (χ2n) is 7.47. The third-order valence-corrected chi connectivity index (χ3v) is 5.63. The van der Waals surface area contributed by atoms with E-state index in [0.717, 1.165) is 34.3 Å². The van der Waals surface area contributed by atoms with Crippen molar-refractivity contribution in [2.24, 2.45) is 0 Å². The van der Waals surface area contributed by atoms with Crippen LogP contribution >= 0.6 is 0 Å². The van der Waals surface area contributed by atoms with Gasteiger partial charge in [-0.15, -0.1) is 0 Å². The first-order valence-electron chi connectivity index (χ1n) is 9.55. The maximum atomic E-state index is 14.5. The van der Waals surface area contributed by atoms with Crippen molar-refractivity contribution in [1.29, 1.82) is 0 Å². The molecule has 3 heterocycles. The number of likely N-dealkylation sites (N-methyl/N-ethyl adjacent to an activating group) is 1. The van der Waals surface area contributed by atoms with Gasteiger partial charge in [0.25, 0.3) is 5.91 Å². The van der Waals surface area contributed by atoms with E-state index in [2.05, 4.69) is 15.6 Å². The molecule has 0 radical (unpaired) electrons. The van der Waals surface area contributed by atoms with Crippen molar-refractivity contribution in [3.8, 4) is 0 Å². The molecule has 1 aromatic heterocycles. The summed E-state index contributed by atoms with van der Waals surface area (Å²) >= 11 is 0. The van der Waals surface area contributed by atoms with E-state index in [1.54, 1.807) is 23.2 Å². The van der Waals surface area contributed by atoms with E-state index in [1.807, 2.05) is 36.3 Å². The van der Waals surface area contributed by atoms with Gasteiger partial charge in [-0.3, -0.25) is 4.79 Å². The molecule has 0 atom stereocenters. The number of benzene rings is 2. The van der Waals surface area contributed by atoms with Crippen molar-refractivity contribution in [2.45, 2.75) is 6.42 Å². The molecule has 0 saturated heterocycles. The Morgan fingerprint density at radius 2 is 2.07 bits per heavy atom. The number of amides is 1. The Labute approximate surface area is 167 Å². The molecule has 0 bridgehead atoms. The number of hydrogen-bond acceptors (Lipinski definition) is 5. The average molecular weight is 389 g/mol. The number of fused-ring (bicyclic) bond motifs is 1. The van der Waals surface area contributed by atoms with Crippen molar-refractivity contribution in [3.05, 3.63) is 82.6 Å². The van der Waals surface area contributed by atoms with Gasteiger partial charge in [-0.25, -0.2) is 9.82 Å². The molecule has 7 heteroatoms. The van der Waals surface area contributed by atoms with Crippen molar-refractivity contribution in [2.75, 3.05) is 26.7 Å². The quantitative estimate of drug-likeness (QED) is 0.746. The Balaban J connectivity index is 1.41. The summed E-state index contributed by atoms with van der Waals surface area (Å²) in [6.45, 7) is 1.76. The minimum atomic E-state index is -0.499. The van der Waals surface area contributed by atoms with E-state index in [-0.39, 0.29) is 11.5 Å². The largest absolute Gasteiger partial charge is 0.329 e. The number of rotatable bonds is 3. The highest BCUT2D eigenvalue weighted by Gasteiger charge is 2.32. The molecule has 29 heavy (non-hydrogen) atoms. The van der Waals surface area contributed by atoms with Crippen LogP contribution in [0.3, 0.4) is 0 Å². The fourth-order valence-corrected chi connectivity index (χ4v) is 4.05. The number of carbonyl (C=O) groups excluding carboxylic acids is 1. The Bertz CT molecular complexity index is 1150. The highest BCUT2D eigenvalue weighted by Crippen LogP contribution is 2.26. The molecular formula is C22H20FN5O. The second-order valence-corrected chi connectivity index (χ2v) is 7.47. The lowest BCUT2D eigenvalue weighted by Gasteiger charge is -2.22. The van der Waals surface area contributed by atoms with E-state index < -0.39 is 5.82 Å². The van der Waals surface area contributed by atoms with E-state index in [9.17, 15) is 9.18 Å². The first-order chi connectivity index (χ1) is 14.1. The summed E-state index contributed by atoms with van der Waals surface area (Å²) in [4.78, 5) is 14.7. The van der Waals surface area contributed by atoms with Gasteiger partial charge in [-0.2, -0.15) is 10.2 Å². The van der Waals surface area contributed by atoms with Gasteiger partial charge in [0.2, 0.25) is 0 Å². The standard InChI is InChI=1S/C22H20FN5O/c1-27-21-13-28(12-16(21)11-25-27)22(29)18-8-14(6-7-19(18)23)9-20-17-5-3-2-4-15(17)10-24-26-20/h2-8,10,25H,9,11-13H2,1H3. The molecule has 0 saturated carbocycles. The second kappa shape index (κ2) is 6.93. The smallest absolute Gasteiger partial charge is 0.257 e. The van der Waals surface area contributed by atoms with Gasteiger partial charge in [0, 0.05) is 37.3 Å². The third-order valence-electron chi connectivity index (χ3n) is 5.63. The predicted octanol–water partition coefficient (Wildman–Crippen LogP) is 2.52. The maximum Gasteiger partial charge on any atom is 0.257 e. The molecule has 2 aliphatic rings. The molecule has 3 aromatic rings. The third kappa shape index (κ3) is 3.13. The van der Waals surface area contributed by atoms with Gasteiger partial charge in [0.05, 0.1) is 29.7 Å². The average Bonchev–Trinajstić information content (AvgIpc) is 3.31. The molecule has 5 rings (SSSR count). The minimum absolute atomic E-state index is 0.104. The van der Waals surface area contributed by atoms with Crippen LogP contribution in [0.5, 0.6) is 0 Å². The molecule has 2 aliphatic heterocycles. The van der Waals surface area contributed by atoms with Crippen LogP contribution in [0.1, 0.15) is 21.6 Å². The predicted molar refractivity (Wildman–Crippen MR) is 107 cm³/mol. The van der Waals surface area contributed by atoms with Crippen LogP contribution in [0, 0.1) is 5.82 Å². The lowest BCUT2D eigenvalue weighted by Crippen LogP contribution is -2.37. The number of carbonyl (C=O) groups is 1. The van der Waals surface area contributed by atoms with Crippen LogP contribution < -0.4 is 5.43 Å². The SMILES string of the molecule is CN1NCC2=C1CN(C(=O)c1cc(Cc3nncc4ccccc34)ccc1F)C2. The Hall–Kier alpha value is -3.32. The monoisotopic (exact) mass is 389 g/mol. The van der Waals surface area contributed by atoms with Crippen LogP contribution in [0.4, 0.5) is 4.39 Å². The molecule has 0 aliphatic carbocycles. The van der Waals surface area contributed by atoms with Crippen LogP contribution in [0.25, 0.3) is 10.8 Å². The summed E-state index contributed by atoms with van der Waals surface area (Å²) in [6.07, 6.45) is 2.21. The normalized spacial score (nSPS) is 16.1. The van der Waals surface area contributed by atoms with Crippen molar-refractivity contribution < 1.29 is 9.18 Å². The fourth-order valence-electron chi connectivity index (χ4n) is 4.05. The zero-order valence-corrected chi connectivity index (χ0v) is 16.0. The number of nitrogens with one attached hydrogen (secondary N) is 1. The van der Waals surface area contributed by atoms with Crippen LogP contribution in [0.2, 0.25) is 0 Å². The summed E-state index contributed by atoms with van der Waals surface area (Å²) in [5, 5.41) is 12.3. The fraction of sp³-hybridized carbons (Fsp3) is 0.227. The van der Waals surface area contributed by atoms with Crippen LogP contribution in [-0.4, -0.2) is 52.7 Å². The Morgan fingerprint density at radius 3 is 2.93 bits per heavy atom. The molecule has 1 amide bonds. The lowest BCUT2D eigenvalue weighted by atomic mass is 10.0. The first kappa shape index (κ1) is 17.8. The number of hydrogen-bond donors (Lipinski definition) is 1. The van der Waals surface area contributed by atoms with Gasteiger partial charge in [0.15, 0.2) is 0 Å². The molecule has 2 aromatic carbocycles.